The van der Waals surface area contributed by atoms with Crippen LogP contribution in [0.25, 0.3) is 0 Å². The Balaban J connectivity index is 0.000000281. The SMILES string of the molecule is O=C1CC(I)C(=O)N1.O=S(=O)(O)C(F)(F)F. The molecule has 2 amide bonds. The lowest BCUT2D eigenvalue weighted by molar-refractivity contribution is -0.124. The molecule has 94 valence electrons. The highest BCUT2D eigenvalue weighted by Gasteiger charge is 2.44. The average Bonchev–Trinajstić information content (AvgIpc) is 2.26. The molecule has 0 bridgehead atoms. The van der Waals surface area contributed by atoms with Crippen LogP contribution in [0.5, 0.6) is 0 Å². The van der Waals surface area contributed by atoms with Gasteiger partial charge < -0.3 is 0 Å². The first-order chi connectivity index (χ1) is 6.95. The summed E-state index contributed by atoms with van der Waals surface area (Å²) in [5.41, 5.74) is -5.53. The van der Waals surface area contributed by atoms with E-state index in [9.17, 15) is 22.8 Å². The van der Waals surface area contributed by atoms with E-state index < -0.39 is 15.6 Å². The molecule has 1 fully saturated rings. The van der Waals surface area contributed by atoms with E-state index in [0.29, 0.717) is 6.42 Å². The smallest absolute Gasteiger partial charge is 0.295 e. The zero-order valence-corrected chi connectivity index (χ0v) is 10.3. The van der Waals surface area contributed by atoms with E-state index in [1.54, 1.807) is 0 Å². The Morgan fingerprint density at radius 1 is 1.38 bits per heavy atom. The molecule has 1 aliphatic rings. The highest BCUT2D eigenvalue weighted by Crippen LogP contribution is 2.20. The van der Waals surface area contributed by atoms with Gasteiger partial charge in [-0.2, -0.15) is 21.6 Å². The van der Waals surface area contributed by atoms with Crippen molar-refractivity contribution in [3.63, 3.8) is 0 Å². The largest absolute Gasteiger partial charge is 0.522 e. The second-order valence-electron chi connectivity index (χ2n) is 2.50. The maximum absolute atomic E-state index is 10.7. The number of rotatable bonds is 0. The Bertz CT molecular complexity index is 391. The van der Waals surface area contributed by atoms with E-state index in [1.165, 1.54) is 0 Å². The van der Waals surface area contributed by atoms with Crippen LogP contribution in [0.1, 0.15) is 6.42 Å². The van der Waals surface area contributed by atoms with Crippen molar-refractivity contribution in [2.75, 3.05) is 0 Å². The Labute approximate surface area is 101 Å². The molecule has 1 heterocycles. The summed E-state index contributed by atoms with van der Waals surface area (Å²) in [5.74, 6) is -0.315. The first-order valence-electron chi connectivity index (χ1n) is 3.46. The van der Waals surface area contributed by atoms with Crippen LogP contribution in [0.3, 0.4) is 0 Å². The molecule has 0 aromatic carbocycles. The van der Waals surface area contributed by atoms with Gasteiger partial charge in [0.25, 0.3) is 0 Å². The fourth-order valence-corrected chi connectivity index (χ4v) is 1.08. The van der Waals surface area contributed by atoms with Gasteiger partial charge in [-0.05, 0) is 0 Å². The third-order valence-electron chi connectivity index (χ3n) is 1.20. The molecule has 0 saturated carbocycles. The molecule has 1 unspecified atom stereocenters. The Morgan fingerprint density at radius 2 is 1.75 bits per heavy atom. The van der Waals surface area contributed by atoms with Crippen LogP contribution in [0.4, 0.5) is 13.2 Å². The number of carbonyl (C=O) groups is 2. The van der Waals surface area contributed by atoms with E-state index in [4.69, 9.17) is 13.0 Å². The molecule has 1 saturated heterocycles. The fraction of sp³-hybridized carbons (Fsp3) is 0.600. The fourth-order valence-electron chi connectivity index (χ4n) is 0.522. The number of hydrogen-bond donors (Lipinski definition) is 2. The molecular formula is C5H5F3INO5S. The number of alkyl halides is 4. The van der Waals surface area contributed by atoms with Crippen molar-refractivity contribution in [2.45, 2.75) is 15.9 Å². The molecule has 16 heavy (non-hydrogen) atoms. The number of imide groups is 1. The molecular weight excluding hydrogens is 370 g/mol. The predicted octanol–water partition coefficient (Wildman–Crippen LogP) is 0.231. The summed E-state index contributed by atoms with van der Waals surface area (Å²) in [6, 6.07) is 0. The van der Waals surface area contributed by atoms with Crippen molar-refractivity contribution in [3.05, 3.63) is 0 Å². The molecule has 1 rings (SSSR count). The van der Waals surface area contributed by atoms with E-state index in [0.717, 1.165) is 0 Å². The molecule has 0 aromatic heterocycles. The summed E-state index contributed by atoms with van der Waals surface area (Å²) in [7, 11) is -5.84. The van der Waals surface area contributed by atoms with Gasteiger partial charge in [0.15, 0.2) is 0 Å². The van der Waals surface area contributed by atoms with Gasteiger partial charge in [0, 0.05) is 6.42 Å². The molecule has 0 aliphatic carbocycles. The van der Waals surface area contributed by atoms with Crippen molar-refractivity contribution in [1.29, 1.82) is 0 Å². The first-order valence-corrected chi connectivity index (χ1v) is 6.15. The van der Waals surface area contributed by atoms with Crippen LogP contribution < -0.4 is 5.32 Å². The lowest BCUT2D eigenvalue weighted by Crippen LogP contribution is -2.21. The van der Waals surface area contributed by atoms with Gasteiger partial charge in [-0.15, -0.1) is 0 Å². The molecule has 0 spiro atoms. The number of hydrogen-bond acceptors (Lipinski definition) is 4. The first kappa shape index (κ1) is 15.6. The van der Waals surface area contributed by atoms with Crippen molar-refractivity contribution in [2.24, 2.45) is 0 Å². The highest BCUT2D eigenvalue weighted by atomic mass is 127. The molecule has 1 aliphatic heterocycles. The predicted molar refractivity (Wildman–Crippen MR) is 53.2 cm³/mol. The molecule has 0 radical (unpaired) electrons. The minimum Gasteiger partial charge on any atom is -0.295 e. The summed E-state index contributed by atoms with van der Waals surface area (Å²) >= 11 is 1.94. The summed E-state index contributed by atoms with van der Waals surface area (Å²) in [5, 5.41) is 2.18. The number of amides is 2. The van der Waals surface area contributed by atoms with E-state index in [-0.39, 0.29) is 15.7 Å². The van der Waals surface area contributed by atoms with Crippen molar-refractivity contribution >= 4 is 44.5 Å². The van der Waals surface area contributed by atoms with Crippen molar-refractivity contribution in [1.82, 2.24) is 5.32 Å². The quantitative estimate of drug-likeness (QED) is 0.208. The third kappa shape index (κ3) is 5.07. The number of halogens is 4. The summed E-state index contributed by atoms with van der Waals surface area (Å²) in [6.07, 6.45) is 0.347. The maximum atomic E-state index is 10.7. The van der Waals surface area contributed by atoms with Gasteiger partial charge in [0.05, 0.1) is 3.92 Å². The van der Waals surface area contributed by atoms with E-state index in [2.05, 4.69) is 5.32 Å². The van der Waals surface area contributed by atoms with Crippen LogP contribution in [0.2, 0.25) is 0 Å². The number of nitrogens with one attached hydrogen (secondary N) is 1. The van der Waals surface area contributed by atoms with Crippen LogP contribution in [-0.4, -0.2) is 34.2 Å². The normalized spacial score (nSPS) is 21.2. The van der Waals surface area contributed by atoms with Gasteiger partial charge in [0.1, 0.15) is 0 Å². The Morgan fingerprint density at radius 3 is 1.81 bits per heavy atom. The van der Waals surface area contributed by atoms with Gasteiger partial charge >= 0.3 is 15.6 Å². The zero-order chi connectivity index (χ0) is 13.1. The molecule has 2 N–H and O–H groups in total. The van der Waals surface area contributed by atoms with Gasteiger partial charge in [-0.1, -0.05) is 22.6 Å². The van der Waals surface area contributed by atoms with Gasteiger partial charge in [-0.3, -0.25) is 19.5 Å². The van der Waals surface area contributed by atoms with Crippen LogP contribution in [-0.2, 0) is 19.7 Å². The summed E-state index contributed by atoms with van der Waals surface area (Å²) < 4.78 is 57.4. The standard InChI is InChI=1S/C4H4INO2.CHF3O3S/c5-2-1-3(7)6-4(2)8;2-1(3,4)8(5,6)7/h2H,1H2,(H,6,7,8);(H,5,6,7). The van der Waals surface area contributed by atoms with Gasteiger partial charge in [0.2, 0.25) is 11.8 Å². The highest BCUT2D eigenvalue weighted by molar-refractivity contribution is 14.1. The number of carbonyl (C=O) groups excluding carboxylic acids is 2. The second-order valence-corrected chi connectivity index (χ2v) is 5.42. The second kappa shape index (κ2) is 5.27. The maximum Gasteiger partial charge on any atom is 0.522 e. The summed E-state index contributed by atoms with van der Waals surface area (Å²) in [4.78, 5) is 20.8. The minimum absolute atomic E-state index is 0.139. The molecule has 1 atom stereocenters. The topological polar surface area (TPSA) is 101 Å². The molecule has 0 aromatic rings. The average molecular weight is 375 g/mol. The summed E-state index contributed by atoms with van der Waals surface area (Å²) in [6.45, 7) is 0. The molecule has 6 nitrogen and oxygen atoms in total. The third-order valence-corrected chi connectivity index (χ3v) is 2.80. The van der Waals surface area contributed by atoms with Crippen LogP contribution >= 0.6 is 22.6 Å². The lowest BCUT2D eigenvalue weighted by atomic mass is 10.4. The van der Waals surface area contributed by atoms with E-state index >= 15 is 0 Å². The van der Waals surface area contributed by atoms with Crippen molar-refractivity contribution in [3.8, 4) is 0 Å². The van der Waals surface area contributed by atoms with E-state index in [1.807, 2.05) is 22.6 Å². The zero-order valence-electron chi connectivity index (χ0n) is 7.28. The van der Waals surface area contributed by atoms with Crippen LogP contribution in [0.15, 0.2) is 0 Å². The van der Waals surface area contributed by atoms with Crippen LogP contribution in [0, 0.1) is 0 Å². The monoisotopic (exact) mass is 375 g/mol. The lowest BCUT2D eigenvalue weighted by Gasteiger charge is -1.97. The molecule has 11 heteroatoms. The Kier molecular flexibility index (Phi) is 5.13. The van der Waals surface area contributed by atoms with Gasteiger partial charge in [-0.25, -0.2) is 0 Å². The Hall–Kier alpha value is -0.430. The minimum atomic E-state index is -5.84. The van der Waals surface area contributed by atoms with Crippen molar-refractivity contribution < 1.29 is 35.7 Å².